The average Bonchev–Trinajstić information content (AvgIpc) is 3.80. The van der Waals surface area contributed by atoms with E-state index in [1.807, 2.05) is 42.6 Å². The first kappa shape index (κ1) is 29.8. The number of nitrogens with zero attached hydrogens (tertiary/aromatic N) is 5. The highest BCUT2D eigenvalue weighted by Crippen LogP contribution is 2.44. The largest absolute Gasteiger partial charge is 0.309 e. The Hall–Kier alpha value is -7.11. The number of benzene rings is 5. The summed E-state index contributed by atoms with van der Waals surface area (Å²) in [6.07, 6.45) is 7.73. The second-order valence-corrected chi connectivity index (χ2v) is 13.0. The molecule has 0 atom stereocenters. The molecule has 0 aliphatic carbocycles. The highest BCUT2D eigenvalue weighted by atomic mass is 15.0. The van der Waals surface area contributed by atoms with Gasteiger partial charge in [0.2, 0.25) is 0 Å². The van der Waals surface area contributed by atoms with Crippen LogP contribution in [0.25, 0.3) is 89.2 Å². The van der Waals surface area contributed by atoms with Crippen LogP contribution in [0.3, 0.4) is 0 Å². The van der Waals surface area contributed by atoms with Gasteiger partial charge in [0.1, 0.15) is 5.65 Å². The fraction of sp³-hybridized carbons (Fsp3) is 0. The van der Waals surface area contributed by atoms with E-state index in [-0.39, 0.29) is 0 Å². The number of pyridine rings is 3. The van der Waals surface area contributed by atoms with Crippen molar-refractivity contribution in [3.8, 4) is 61.8 Å². The van der Waals surface area contributed by atoms with Gasteiger partial charge in [-0.25, -0.2) is 9.97 Å². The van der Waals surface area contributed by atoms with Crippen LogP contribution in [-0.2, 0) is 0 Å². The van der Waals surface area contributed by atoms with Crippen molar-refractivity contribution in [1.82, 2.24) is 23.9 Å². The normalized spacial score (nSPS) is 11.5. The molecule has 0 fully saturated rings. The van der Waals surface area contributed by atoms with Crippen molar-refractivity contribution in [3.05, 3.63) is 189 Å². The maximum atomic E-state index is 5.05. The van der Waals surface area contributed by atoms with E-state index in [1.165, 1.54) is 21.9 Å². The molecule has 0 bridgehead atoms. The Morgan fingerprint density at radius 3 is 1.90 bits per heavy atom. The van der Waals surface area contributed by atoms with Crippen LogP contribution in [0.2, 0.25) is 0 Å². The average molecular weight is 666 g/mol. The fourth-order valence-electron chi connectivity index (χ4n) is 7.36. The Morgan fingerprint density at radius 1 is 0.442 bits per heavy atom. The molecule has 5 aromatic carbocycles. The zero-order valence-corrected chi connectivity index (χ0v) is 28.1. The lowest BCUT2D eigenvalue weighted by Gasteiger charge is -2.14. The summed E-state index contributed by atoms with van der Waals surface area (Å²) in [5, 5.41) is 3.52. The minimum absolute atomic E-state index is 0.929. The van der Waals surface area contributed by atoms with Crippen LogP contribution >= 0.6 is 0 Å². The maximum Gasteiger partial charge on any atom is 0.137 e. The highest BCUT2D eigenvalue weighted by molar-refractivity contribution is 6.11. The van der Waals surface area contributed by atoms with Crippen LogP contribution in [0.15, 0.2) is 189 Å². The summed E-state index contributed by atoms with van der Waals surface area (Å²) in [6, 6.07) is 57.9. The Labute approximate surface area is 300 Å². The molecular weight excluding hydrogens is 635 g/mol. The Morgan fingerprint density at radius 2 is 1.13 bits per heavy atom. The molecule has 52 heavy (non-hydrogen) atoms. The van der Waals surface area contributed by atoms with E-state index in [1.54, 1.807) is 12.4 Å². The van der Waals surface area contributed by atoms with Crippen molar-refractivity contribution in [2.24, 2.45) is 0 Å². The lowest BCUT2D eigenvalue weighted by molar-refractivity contribution is 1.14. The van der Waals surface area contributed by atoms with Crippen LogP contribution in [0.4, 0.5) is 0 Å². The molecule has 5 aromatic heterocycles. The van der Waals surface area contributed by atoms with E-state index in [2.05, 4.69) is 148 Å². The molecule has 10 rings (SSSR count). The third-order valence-corrected chi connectivity index (χ3v) is 9.84. The van der Waals surface area contributed by atoms with Crippen molar-refractivity contribution < 1.29 is 0 Å². The second-order valence-electron chi connectivity index (χ2n) is 13.0. The topological polar surface area (TPSA) is 48.0 Å². The first-order valence-electron chi connectivity index (χ1n) is 17.4. The number of aromatic nitrogens is 5. The van der Waals surface area contributed by atoms with E-state index < -0.39 is 0 Å². The van der Waals surface area contributed by atoms with Gasteiger partial charge in [0.15, 0.2) is 0 Å². The van der Waals surface area contributed by atoms with Gasteiger partial charge >= 0.3 is 0 Å². The SMILES string of the molecule is c1ccc(-c2c(-c3ccccc3)n(-c3ccc(-c4cn5ccccc5n4)cc3)c3cc4ccc(-c5cccc(-c6ccncc6)n5)cc4cc23)cc1. The van der Waals surface area contributed by atoms with Crippen molar-refractivity contribution in [3.63, 3.8) is 0 Å². The molecular formula is C47H31N5. The van der Waals surface area contributed by atoms with Gasteiger partial charge in [0, 0.05) is 58.1 Å². The third-order valence-electron chi connectivity index (χ3n) is 9.84. The number of hydrogen-bond acceptors (Lipinski definition) is 3. The van der Waals surface area contributed by atoms with Crippen LogP contribution in [0.1, 0.15) is 0 Å². The minimum atomic E-state index is 0.929. The van der Waals surface area contributed by atoms with E-state index >= 15 is 0 Å². The number of rotatable bonds is 6. The second kappa shape index (κ2) is 12.3. The molecule has 0 aliphatic heterocycles. The van der Waals surface area contributed by atoms with Crippen molar-refractivity contribution in [2.45, 2.75) is 0 Å². The lowest BCUT2D eigenvalue weighted by atomic mass is 9.96. The summed E-state index contributed by atoms with van der Waals surface area (Å²) >= 11 is 0. The quantitative estimate of drug-likeness (QED) is 0.178. The molecule has 0 radical (unpaired) electrons. The highest BCUT2D eigenvalue weighted by Gasteiger charge is 2.22. The zero-order valence-electron chi connectivity index (χ0n) is 28.1. The summed E-state index contributed by atoms with van der Waals surface area (Å²) in [4.78, 5) is 14.1. The smallest absolute Gasteiger partial charge is 0.137 e. The summed E-state index contributed by atoms with van der Waals surface area (Å²) in [7, 11) is 0. The van der Waals surface area contributed by atoms with E-state index in [0.29, 0.717) is 0 Å². The summed E-state index contributed by atoms with van der Waals surface area (Å²) in [5.41, 5.74) is 13.9. The molecule has 5 heterocycles. The Balaban J connectivity index is 1.18. The van der Waals surface area contributed by atoms with Crippen LogP contribution in [0.5, 0.6) is 0 Å². The van der Waals surface area contributed by atoms with Gasteiger partial charge in [0.25, 0.3) is 0 Å². The molecule has 0 spiro atoms. The fourth-order valence-corrected chi connectivity index (χ4v) is 7.36. The Kier molecular flexibility index (Phi) is 7.07. The first-order chi connectivity index (χ1) is 25.8. The number of hydrogen-bond donors (Lipinski definition) is 0. The van der Waals surface area contributed by atoms with Crippen molar-refractivity contribution >= 4 is 27.3 Å². The monoisotopic (exact) mass is 665 g/mol. The van der Waals surface area contributed by atoms with Gasteiger partial charge in [0.05, 0.1) is 28.3 Å². The molecule has 10 aromatic rings. The summed E-state index contributed by atoms with van der Waals surface area (Å²) in [5.74, 6) is 0. The first-order valence-corrected chi connectivity index (χ1v) is 17.4. The van der Waals surface area contributed by atoms with Gasteiger partial charge in [-0.05, 0) is 88.6 Å². The summed E-state index contributed by atoms with van der Waals surface area (Å²) in [6.45, 7) is 0. The van der Waals surface area contributed by atoms with Crippen LogP contribution < -0.4 is 0 Å². The molecule has 0 saturated heterocycles. The molecule has 5 nitrogen and oxygen atoms in total. The predicted octanol–water partition coefficient (Wildman–Crippen LogP) is 11.6. The van der Waals surface area contributed by atoms with Gasteiger partial charge in [-0.3, -0.25) is 4.98 Å². The number of fused-ring (bicyclic) bond motifs is 3. The van der Waals surface area contributed by atoms with E-state index in [0.717, 1.165) is 67.3 Å². The molecule has 244 valence electrons. The third kappa shape index (κ3) is 5.15. The molecule has 0 unspecified atom stereocenters. The summed E-state index contributed by atoms with van der Waals surface area (Å²) < 4.78 is 4.49. The predicted molar refractivity (Wildman–Crippen MR) is 212 cm³/mol. The van der Waals surface area contributed by atoms with Crippen LogP contribution in [0, 0.1) is 0 Å². The maximum absolute atomic E-state index is 5.05. The Bertz CT molecular complexity index is 2840. The van der Waals surface area contributed by atoms with E-state index in [9.17, 15) is 0 Å². The van der Waals surface area contributed by atoms with Gasteiger partial charge in [-0.15, -0.1) is 0 Å². The van der Waals surface area contributed by atoms with Gasteiger partial charge in [-0.1, -0.05) is 97.1 Å². The minimum Gasteiger partial charge on any atom is -0.309 e. The standard InChI is InChI=1S/C47H31N5/c1-3-10-34(11-4-1)46-40-29-38-28-37(42-15-9-14-41(49-42)33-23-25-48-26-24-33)18-17-36(38)30-44(40)52(47(46)35-12-5-2-6-13-35)39-21-19-32(20-22-39)43-31-51-27-8-7-16-45(51)50-43/h1-31H. The van der Waals surface area contributed by atoms with Gasteiger partial charge < -0.3 is 8.97 Å². The van der Waals surface area contributed by atoms with Crippen molar-refractivity contribution in [2.75, 3.05) is 0 Å². The zero-order chi connectivity index (χ0) is 34.4. The van der Waals surface area contributed by atoms with Gasteiger partial charge in [-0.2, -0.15) is 0 Å². The number of imidazole rings is 1. The van der Waals surface area contributed by atoms with Crippen LogP contribution in [-0.4, -0.2) is 23.9 Å². The molecule has 0 aliphatic rings. The molecule has 0 N–H and O–H groups in total. The molecule has 0 amide bonds. The van der Waals surface area contributed by atoms with Crippen molar-refractivity contribution in [1.29, 1.82) is 0 Å². The molecule has 0 saturated carbocycles. The van der Waals surface area contributed by atoms with E-state index in [4.69, 9.17) is 9.97 Å². The lowest BCUT2D eigenvalue weighted by Crippen LogP contribution is -1.98. The molecule has 5 heteroatoms.